The van der Waals surface area contributed by atoms with E-state index in [0.717, 1.165) is 5.57 Å². The molecule has 0 aromatic heterocycles. The summed E-state index contributed by atoms with van der Waals surface area (Å²) in [6.07, 6.45) is 0. The maximum Gasteiger partial charge on any atom is -0.0126 e. The summed E-state index contributed by atoms with van der Waals surface area (Å²) in [6.45, 7) is 13.2. The number of benzene rings is 2. The summed E-state index contributed by atoms with van der Waals surface area (Å²) >= 11 is 0. The van der Waals surface area contributed by atoms with Gasteiger partial charge in [0.05, 0.1) is 0 Å². The smallest absolute Gasteiger partial charge is 0.0126 e. The Hall–Kier alpha value is -1.82. The Morgan fingerprint density at radius 3 is 1.95 bits per heavy atom. The van der Waals surface area contributed by atoms with E-state index in [-0.39, 0.29) is 5.41 Å². The molecule has 98 valence electrons. The summed E-state index contributed by atoms with van der Waals surface area (Å²) in [5, 5.41) is 0. The van der Waals surface area contributed by atoms with E-state index in [1.165, 1.54) is 22.3 Å². The van der Waals surface area contributed by atoms with E-state index < -0.39 is 0 Å². The van der Waals surface area contributed by atoms with Crippen molar-refractivity contribution in [2.75, 3.05) is 0 Å². The highest BCUT2D eigenvalue weighted by molar-refractivity contribution is 5.81. The molecule has 0 nitrogen and oxygen atoms in total. The third kappa shape index (κ3) is 2.78. The predicted molar refractivity (Wildman–Crippen MR) is 84.5 cm³/mol. The second kappa shape index (κ2) is 5.05. The Morgan fingerprint density at radius 1 is 0.842 bits per heavy atom. The Kier molecular flexibility index (Phi) is 3.61. The van der Waals surface area contributed by atoms with Gasteiger partial charge in [0.1, 0.15) is 0 Å². The van der Waals surface area contributed by atoms with Gasteiger partial charge >= 0.3 is 0 Å². The van der Waals surface area contributed by atoms with Crippen LogP contribution in [0.5, 0.6) is 0 Å². The van der Waals surface area contributed by atoms with Gasteiger partial charge in [0.2, 0.25) is 0 Å². The number of aryl methyl sites for hydroxylation is 1. The average Bonchev–Trinajstić information content (AvgIpc) is 2.37. The van der Waals surface area contributed by atoms with Crippen molar-refractivity contribution in [1.82, 2.24) is 0 Å². The molecule has 0 saturated heterocycles. The molecule has 0 saturated carbocycles. The van der Waals surface area contributed by atoms with E-state index in [1.54, 1.807) is 0 Å². The van der Waals surface area contributed by atoms with Crippen LogP contribution in [0.1, 0.15) is 43.0 Å². The summed E-state index contributed by atoms with van der Waals surface area (Å²) in [4.78, 5) is 0. The monoisotopic (exact) mass is 250 g/mol. The van der Waals surface area contributed by atoms with Gasteiger partial charge in [-0.25, -0.2) is 0 Å². The van der Waals surface area contributed by atoms with Crippen molar-refractivity contribution in [3.8, 4) is 0 Å². The van der Waals surface area contributed by atoms with Crippen LogP contribution >= 0.6 is 0 Å². The fourth-order valence-electron chi connectivity index (χ4n) is 2.46. The molecule has 0 radical (unpaired) electrons. The van der Waals surface area contributed by atoms with Crippen LogP contribution in [-0.2, 0) is 5.41 Å². The van der Waals surface area contributed by atoms with E-state index in [2.05, 4.69) is 82.8 Å². The van der Waals surface area contributed by atoms with Gasteiger partial charge in [-0.1, -0.05) is 75.9 Å². The van der Waals surface area contributed by atoms with Crippen LogP contribution in [0.3, 0.4) is 0 Å². The molecule has 0 N–H and O–H groups in total. The first kappa shape index (κ1) is 13.6. The third-order valence-corrected chi connectivity index (χ3v) is 3.53. The van der Waals surface area contributed by atoms with Gasteiger partial charge in [-0.05, 0) is 40.2 Å². The van der Waals surface area contributed by atoms with E-state index in [9.17, 15) is 0 Å². The fraction of sp³-hybridized carbons (Fsp3) is 0.263. The minimum atomic E-state index is 0.127. The van der Waals surface area contributed by atoms with Crippen LogP contribution in [0.4, 0.5) is 0 Å². The van der Waals surface area contributed by atoms with Crippen molar-refractivity contribution in [2.45, 2.75) is 33.1 Å². The molecule has 19 heavy (non-hydrogen) atoms. The molecule has 2 rings (SSSR count). The first-order chi connectivity index (χ1) is 8.91. The maximum absolute atomic E-state index is 4.33. The Labute approximate surface area is 116 Å². The number of hydrogen-bond donors (Lipinski definition) is 0. The molecule has 0 aliphatic heterocycles. The van der Waals surface area contributed by atoms with Gasteiger partial charge in [0.25, 0.3) is 0 Å². The van der Waals surface area contributed by atoms with E-state index in [4.69, 9.17) is 0 Å². The van der Waals surface area contributed by atoms with Gasteiger partial charge in [0, 0.05) is 0 Å². The lowest BCUT2D eigenvalue weighted by Crippen LogP contribution is -2.14. The molecule has 0 spiro atoms. The van der Waals surface area contributed by atoms with Crippen LogP contribution in [0.2, 0.25) is 0 Å². The molecule has 0 heteroatoms. The van der Waals surface area contributed by atoms with Gasteiger partial charge in [-0.2, -0.15) is 0 Å². The van der Waals surface area contributed by atoms with Crippen LogP contribution in [0.25, 0.3) is 5.57 Å². The molecule has 0 bridgehead atoms. The summed E-state index contributed by atoms with van der Waals surface area (Å²) in [6, 6.07) is 17.0. The average molecular weight is 250 g/mol. The molecule has 0 aliphatic carbocycles. The molecular weight excluding hydrogens is 228 g/mol. The Bertz CT molecular complexity index is 597. The summed E-state index contributed by atoms with van der Waals surface area (Å²) < 4.78 is 0. The largest absolute Gasteiger partial charge is 0.0905 e. The van der Waals surface area contributed by atoms with Crippen LogP contribution in [0.15, 0.2) is 55.1 Å². The van der Waals surface area contributed by atoms with Crippen molar-refractivity contribution in [3.05, 3.63) is 77.4 Å². The van der Waals surface area contributed by atoms with Gasteiger partial charge in [-0.15, -0.1) is 0 Å². The van der Waals surface area contributed by atoms with Crippen molar-refractivity contribution < 1.29 is 0 Å². The molecule has 0 atom stereocenters. The quantitative estimate of drug-likeness (QED) is 0.673. The van der Waals surface area contributed by atoms with E-state index >= 15 is 0 Å². The number of rotatable bonds is 2. The number of hydrogen-bond acceptors (Lipinski definition) is 0. The Morgan fingerprint density at radius 2 is 1.37 bits per heavy atom. The zero-order valence-electron chi connectivity index (χ0n) is 12.3. The first-order valence-electron chi connectivity index (χ1n) is 6.76. The first-order valence-corrected chi connectivity index (χ1v) is 6.76. The second-order valence-corrected chi connectivity index (χ2v) is 6.09. The minimum Gasteiger partial charge on any atom is -0.0905 e. The SMILES string of the molecule is C=C(c1ccccc1C)c1ccccc1C(C)(C)C. The van der Waals surface area contributed by atoms with Crippen LogP contribution in [-0.4, -0.2) is 0 Å². The van der Waals surface area contributed by atoms with Gasteiger partial charge in [0.15, 0.2) is 0 Å². The van der Waals surface area contributed by atoms with E-state index in [0.29, 0.717) is 0 Å². The van der Waals surface area contributed by atoms with Crippen molar-refractivity contribution >= 4 is 5.57 Å². The molecule has 0 amide bonds. The lowest BCUT2D eigenvalue weighted by atomic mass is 9.80. The third-order valence-electron chi connectivity index (χ3n) is 3.53. The normalized spacial score (nSPS) is 11.4. The van der Waals surface area contributed by atoms with Crippen LogP contribution in [0, 0.1) is 6.92 Å². The van der Waals surface area contributed by atoms with Crippen LogP contribution < -0.4 is 0 Å². The van der Waals surface area contributed by atoms with E-state index in [1.807, 2.05) is 0 Å². The summed E-state index contributed by atoms with van der Waals surface area (Å²) in [5.41, 5.74) is 6.36. The van der Waals surface area contributed by atoms with Gasteiger partial charge in [-0.3, -0.25) is 0 Å². The predicted octanol–water partition coefficient (Wildman–Crippen LogP) is 5.35. The molecule has 0 aliphatic rings. The Balaban J connectivity index is 2.55. The highest BCUT2D eigenvalue weighted by Gasteiger charge is 2.19. The zero-order valence-corrected chi connectivity index (χ0v) is 12.3. The lowest BCUT2D eigenvalue weighted by molar-refractivity contribution is 0.588. The topological polar surface area (TPSA) is 0 Å². The molecule has 0 unspecified atom stereocenters. The minimum absolute atomic E-state index is 0.127. The highest BCUT2D eigenvalue weighted by Crippen LogP contribution is 2.33. The molecule has 2 aromatic rings. The molecule has 0 heterocycles. The summed E-state index contributed by atoms with van der Waals surface area (Å²) in [7, 11) is 0. The van der Waals surface area contributed by atoms with Crippen molar-refractivity contribution in [3.63, 3.8) is 0 Å². The molecule has 2 aromatic carbocycles. The lowest BCUT2D eigenvalue weighted by Gasteiger charge is -2.24. The molecular formula is C19H22. The maximum atomic E-state index is 4.33. The van der Waals surface area contributed by atoms with Crippen molar-refractivity contribution in [2.24, 2.45) is 0 Å². The summed E-state index contributed by atoms with van der Waals surface area (Å²) in [5.74, 6) is 0. The zero-order chi connectivity index (χ0) is 14.0. The molecule has 0 fully saturated rings. The fourth-order valence-corrected chi connectivity index (χ4v) is 2.46. The second-order valence-electron chi connectivity index (χ2n) is 6.09. The van der Waals surface area contributed by atoms with Gasteiger partial charge < -0.3 is 0 Å². The standard InChI is InChI=1S/C19H22/c1-14-10-6-7-11-16(14)15(2)17-12-8-9-13-18(17)19(3,4)5/h6-13H,2H2,1,3-5H3. The highest BCUT2D eigenvalue weighted by atomic mass is 14.2. The van der Waals surface area contributed by atoms with Crippen molar-refractivity contribution in [1.29, 1.82) is 0 Å².